The second kappa shape index (κ2) is 5.61. The van der Waals surface area contributed by atoms with E-state index in [1.165, 1.54) is 0 Å². The van der Waals surface area contributed by atoms with Crippen LogP contribution in [0, 0.1) is 0 Å². The SMILES string of the molecule is COc1ccc(C2CCNc3nc(CO)nn32)cc1OC. The normalized spacial score (nSPS) is 17.0. The molecule has 1 unspecified atom stereocenters. The summed E-state index contributed by atoms with van der Waals surface area (Å²) in [6, 6.07) is 5.91. The topological polar surface area (TPSA) is 81.4 Å². The fourth-order valence-electron chi connectivity index (χ4n) is 2.58. The number of anilines is 1. The lowest BCUT2D eigenvalue weighted by atomic mass is 10.0. The molecule has 1 aliphatic rings. The molecule has 0 radical (unpaired) electrons. The fourth-order valence-corrected chi connectivity index (χ4v) is 2.58. The zero-order valence-corrected chi connectivity index (χ0v) is 12.0. The van der Waals surface area contributed by atoms with E-state index >= 15 is 0 Å². The summed E-state index contributed by atoms with van der Waals surface area (Å²) < 4.78 is 12.4. The molecule has 7 heteroatoms. The molecule has 1 aliphatic heterocycles. The summed E-state index contributed by atoms with van der Waals surface area (Å²) in [4.78, 5) is 4.26. The maximum atomic E-state index is 9.19. The number of fused-ring (bicyclic) bond motifs is 1. The Labute approximate surface area is 122 Å². The molecule has 0 spiro atoms. The van der Waals surface area contributed by atoms with E-state index in [9.17, 15) is 5.11 Å². The van der Waals surface area contributed by atoms with Crippen LogP contribution in [0.25, 0.3) is 0 Å². The van der Waals surface area contributed by atoms with Gasteiger partial charge >= 0.3 is 0 Å². The van der Waals surface area contributed by atoms with Gasteiger partial charge in [-0.05, 0) is 24.1 Å². The van der Waals surface area contributed by atoms with Gasteiger partial charge in [0.2, 0.25) is 5.95 Å². The molecule has 3 rings (SSSR count). The third-order valence-electron chi connectivity index (χ3n) is 3.61. The van der Waals surface area contributed by atoms with Crippen molar-refractivity contribution in [3.05, 3.63) is 29.6 Å². The molecule has 0 fully saturated rings. The van der Waals surface area contributed by atoms with Crippen molar-refractivity contribution in [3.63, 3.8) is 0 Å². The highest BCUT2D eigenvalue weighted by atomic mass is 16.5. The van der Waals surface area contributed by atoms with Gasteiger partial charge in [-0.3, -0.25) is 0 Å². The summed E-state index contributed by atoms with van der Waals surface area (Å²) in [6.45, 7) is 0.642. The number of aliphatic hydroxyl groups excluding tert-OH is 1. The van der Waals surface area contributed by atoms with Crippen LogP contribution in [-0.4, -0.2) is 40.6 Å². The van der Waals surface area contributed by atoms with E-state index in [0.717, 1.165) is 18.5 Å². The van der Waals surface area contributed by atoms with Gasteiger partial charge in [0.15, 0.2) is 17.3 Å². The van der Waals surface area contributed by atoms with Crippen LogP contribution in [0.15, 0.2) is 18.2 Å². The van der Waals surface area contributed by atoms with Gasteiger partial charge in [-0.2, -0.15) is 10.1 Å². The molecule has 112 valence electrons. The molecule has 7 nitrogen and oxygen atoms in total. The number of aromatic nitrogens is 3. The molecule has 2 aromatic rings. The van der Waals surface area contributed by atoms with Crippen LogP contribution in [0.1, 0.15) is 23.9 Å². The third kappa shape index (κ3) is 2.40. The van der Waals surface area contributed by atoms with Crippen molar-refractivity contribution in [3.8, 4) is 11.5 Å². The quantitative estimate of drug-likeness (QED) is 0.880. The maximum absolute atomic E-state index is 9.19. The predicted octanol–water partition coefficient (Wildman–Crippen LogP) is 1.19. The van der Waals surface area contributed by atoms with Crippen molar-refractivity contribution in [2.24, 2.45) is 0 Å². The lowest BCUT2D eigenvalue weighted by Crippen LogP contribution is -2.24. The lowest BCUT2D eigenvalue weighted by molar-refractivity contribution is 0.270. The number of hydrogen-bond acceptors (Lipinski definition) is 6. The monoisotopic (exact) mass is 290 g/mol. The van der Waals surface area contributed by atoms with E-state index in [-0.39, 0.29) is 12.6 Å². The van der Waals surface area contributed by atoms with Crippen molar-refractivity contribution < 1.29 is 14.6 Å². The van der Waals surface area contributed by atoms with Crippen LogP contribution >= 0.6 is 0 Å². The number of hydrogen-bond donors (Lipinski definition) is 2. The molecule has 0 bridgehead atoms. The first-order chi connectivity index (χ1) is 10.3. The standard InChI is InChI=1S/C14H18N4O3/c1-20-11-4-3-9(7-12(11)21-2)10-5-6-15-14-16-13(8-19)17-18(10)14/h3-4,7,10,19H,5-6,8H2,1-2H3,(H,15,16,17). The lowest BCUT2D eigenvalue weighted by Gasteiger charge is -2.25. The minimum absolute atomic E-state index is 0.0638. The number of ether oxygens (including phenoxy) is 2. The highest BCUT2D eigenvalue weighted by Crippen LogP contribution is 2.34. The van der Waals surface area contributed by atoms with E-state index in [1.54, 1.807) is 14.2 Å². The maximum Gasteiger partial charge on any atom is 0.222 e. The molecular weight excluding hydrogens is 272 g/mol. The van der Waals surface area contributed by atoms with Crippen LogP contribution in [0.4, 0.5) is 5.95 Å². The predicted molar refractivity (Wildman–Crippen MR) is 76.7 cm³/mol. The van der Waals surface area contributed by atoms with E-state index in [4.69, 9.17) is 9.47 Å². The second-order valence-corrected chi connectivity index (χ2v) is 4.80. The second-order valence-electron chi connectivity index (χ2n) is 4.80. The molecular formula is C14H18N4O3. The Kier molecular flexibility index (Phi) is 3.66. The molecule has 1 aromatic carbocycles. The van der Waals surface area contributed by atoms with Gasteiger partial charge in [-0.25, -0.2) is 4.68 Å². The van der Waals surface area contributed by atoms with E-state index in [2.05, 4.69) is 15.4 Å². The van der Waals surface area contributed by atoms with Crippen LogP contribution in [-0.2, 0) is 6.61 Å². The van der Waals surface area contributed by atoms with Crippen molar-refractivity contribution in [2.45, 2.75) is 19.1 Å². The molecule has 1 aromatic heterocycles. The Bertz CT molecular complexity index is 641. The number of nitrogens with one attached hydrogen (secondary N) is 1. The molecule has 0 amide bonds. The smallest absolute Gasteiger partial charge is 0.222 e. The zero-order chi connectivity index (χ0) is 14.8. The summed E-state index contributed by atoms with van der Waals surface area (Å²) in [5.74, 6) is 2.50. The zero-order valence-electron chi connectivity index (χ0n) is 12.0. The first-order valence-corrected chi connectivity index (χ1v) is 6.79. The van der Waals surface area contributed by atoms with E-state index in [1.807, 2.05) is 22.9 Å². The van der Waals surface area contributed by atoms with Crippen LogP contribution in [0.2, 0.25) is 0 Å². The summed E-state index contributed by atoms with van der Waals surface area (Å²) in [6.07, 6.45) is 0.886. The minimum Gasteiger partial charge on any atom is -0.493 e. The fraction of sp³-hybridized carbons (Fsp3) is 0.429. The first-order valence-electron chi connectivity index (χ1n) is 6.79. The van der Waals surface area contributed by atoms with Gasteiger partial charge in [0, 0.05) is 6.54 Å². The highest BCUT2D eigenvalue weighted by Gasteiger charge is 2.25. The van der Waals surface area contributed by atoms with E-state index < -0.39 is 0 Å². The van der Waals surface area contributed by atoms with Crippen molar-refractivity contribution in [1.82, 2.24) is 14.8 Å². The number of nitrogens with zero attached hydrogens (tertiary/aromatic N) is 3. The first kappa shape index (κ1) is 13.7. The Morgan fingerprint density at radius 1 is 1.33 bits per heavy atom. The Morgan fingerprint density at radius 2 is 2.14 bits per heavy atom. The third-order valence-corrected chi connectivity index (χ3v) is 3.61. The average molecular weight is 290 g/mol. The average Bonchev–Trinajstić information content (AvgIpc) is 2.97. The summed E-state index contributed by atoms with van der Waals surface area (Å²) in [7, 11) is 3.24. The Balaban J connectivity index is 2.00. The van der Waals surface area contributed by atoms with Crippen molar-refractivity contribution in [1.29, 1.82) is 0 Å². The van der Waals surface area contributed by atoms with Crippen LogP contribution < -0.4 is 14.8 Å². The van der Waals surface area contributed by atoms with E-state index in [0.29, 0.717) is 23.3 Å². The number of aliphatic hydroxyl groups is 1. The minimum atomic E-state index is -0.166. The largest absolute Gasteiger partial charge is 0.493 e. The molecule has 2 heterocycles. The summed E-state index contributed by atoms with van der Waals surface area (Å²) >= 11 is 0. The van der Waals surface area contributed by atoms with Gasteiger partial charge in [0.25, 0.3) is 0 Å². The summed E-state index contributed by atoms with van der Waals surface area (Å²) in [5.41, 5.74) is 1.07. The molecule has 0 saturated carbocycles. The summed E-state index contributed by atoms with van der Waals surface area (Å²) in [5, 5.41) is 16.7. The van der Waals surface area contributed by atoms with Crippen molar-refractivity contribution >= 4 is 5.95 Å². The van der Waals surface area contributed by atoms with Gasteiger partial charge in [-0.1, -0.05) is 6.07 Å². The highest BCUT2D eigenvalue weighted by molar-refractivity contribution is 5.45. The van der Waals surface area contributed by atoms with Crippen molar-refractivity contribution in [2.75, 3.05) is 26.1 Å². The Morgan fingerprint density at radius 3 is 2.86 bits per heavy atom. The van der Waals surface area contributed by atoms with Gasteiger partial charge in [-0.15, -0.1) is 0 Å². The molecule has 0 aliphatic carbocycles. The van der Waals surface area contributed by atoms with Gasteiger partial charge in [0.1, 0.15) is 6.61 Å². The molecule has 21 heavy (non-hydrogen) atoms. The van der Waals surface area contributed by atoms with Crippen LogP contribution in [0.3, 0.4) is 0 Å². The molecule has 2 N–H and O–H groups in total. The number of rotatable bonds is 4. The van der Waals surface area contributed by atoms with Crippen LogP contribution in [0.5, 0.6) is 11.5 Å². The Hall–Kier alpha value is -2.28. The van der Waals surface area contributed by atoms with Gasteiger partial charge in [0.05, 0.1) is 20.3 Å². The molecule has 0 saturated heterocycles. The number of methoxy groups -OCH3 is 2. The molecule has 1 atom stereocenters. The van der Waals surface area contributed by atoms with Gasteiger partial charge < -0.3 is 19.9 Å². The number of benzene rings is 1.